The summed E-state index contributed by atoms with van der Waals surface area (Å²) in [5, 5.41) is 0. The summed E-state index contributed by atoms with van der Waals surface area (Å²) in [5.74, 6) is 0. The Labute approximate surface area is 151 Å². The first-order valence-corrected chi connectivity index (χ1v) is 11.5. The number of hydrogen-bond acceptors (Lipinski definition) is 0. The van der Waals surface area contributed by atoms with Crippen LogP contribution in [0.5, 0.6) is 0 Å². The molecule has 0 aromatic heterocycles. The molecule has 0 aliphatic carbocycles. The van der Waals surface area contributed by atoms with Gasteiger partial charge in [-0.15, -0.1) is 9.24 Å². The summed E-state index contributed by atoms with van der Waals surface area (Å²) in [6.45, 7) is 9.49. The van der Waals surface area contributed by atoms with Crippen LogP contribution in [0.2, 0.25) is 0 Å². The van der Waals surface area contributed by atoms with Crippen molar-refractivity contribution in [1.82, 2.24) is 0 Å². The lowest BCUT2D eigenvalue weighted by Gasteiger charge is -2.31. The number of rotatable bonds is 17. The molecule has 0 bridgehead atoms. The number of unbranched alkanes of at least 4 members (excludes halogenated alkanes) is 12. The second kappa shape index (κ2) is 15.9. The zero-order valence-electron chi connectivity index (χ0n) is 17.0. The van der Waals surface area contributed by atoms with Crippen LogP contribution in [0.4, 0.5) is 0 Å². The van der Waals surface area contributed by atoms with Crippen LogP contribution in [0.3, 0.4) is 0 Å². The van der Waals surface area contributed by atoms with E-state index in [0.717, 1.165) is 5.66 Å². The molecule has 0 aromatic rings. The summed E-state index contributed by atoms with van der Waals surface area (Å²) in [4.78, 5) is 0. The molecule has 0 aliphatic heterocycles. The van der Waals surface area contributed by atoms with E-state index in [1.165, 1.54) is 103 Å². The van der Waals surface area contributed by atoms with E-state index in [1.54, 1.807) is 0 Å². The highest BCUT2D eigenvalue weighted by atomic mass is 31.0. The minimum absolute atomic E-state index is 0.510. The Morgan fingerprint density at radius 3 is 1.39 bits per heavy atom. The highest BCUT2D eigenvalue weighted by molar-refractivity contribution is 7.17. The summed E-state index contributed by atoms with van der Waals surface area (Å²) < 4.78 is 0. The molecule has 0 amide bonds. The molecule has 0 fully saturated rings. The van der Waals surface area contributed by atoms with Crippen LogP contribution in [0.1, 0.15) is 130 Å². The van der Waals surface area contributed by atoms with E-state index in [2.05, 4.69) is 36.9 Å². The van der Waals surface area contributed by atoms with Gasteiger partial charge in [0.15, 0.2) is 0 Å². The fraction of sp³-hybridized carbons (Fsp3) is 1.00. The first kappa shape index (κ1) is 23.4. The molecule has 0 N–H and O–H groups in total. The van der Waals surface area contributed by atoms with Gasteiger partial charge in [-0.1, -0.05) is 118 Å². The highest BCUT2D eigenvalue weighted by Gasteiger charge is 2.24. The zero-order chi connectivity index (χ0) is 17.4. The molecule has 0 radical (unpaired) electrons. The van der Waals surface area contributed by atoms with Gasteiger partial charge in [0, 0.05) is 0 Å². The molecule has 0 aliphatic rings. The maximum atomic E-state index is 3.12. The first-order chi connectivity index (χ1) is 11.0. The van der Waals surface area contributed by atoms with Gasteiger partial charge in [-0.2, -0.15) is 0 Å². The fourth-order valence-corrected chi connectivity index (χ4v) is 4.00. The van der Waals surface area contributed by atoms with Crippen molar-refractivity contribution < 1.29 is 0 Å². The van der Waals surface area contributed by atoms with Crippen LogP contribution in [0.25, 0.3) is 0 Å². The monoisotopic (exact) mass is 342 g/mol. The Hall–Kier alpha value is 0.430. The van der Waals surface area contributed by atoms with Gasteiger partial charge in [-0.25, -0.2) is 0 Å². The SMILES string of the molecule is CCCCCCCCCCCCCCCC(P)C(C)(C)CCC. The minimum atomic E-state index is 0.510. The molecule has 1 heteroatoms. The molecule has 0 aromatic carbocycles. The summed E-state index contributed by atoms with van der Waals surface area (Å²) >= 11 is 0. The van der Waals surface area contributed by atoms with E-state index in [0.29, 0.717) is 5.41 Å². The number of hydrogen-bond donors (Lipinski definition) is 0. The summed E-state index contributed by atoms with van der Waals surface area (Å²) in [7, 11) is 3.12. The van der Waals surface area contributed by atoms with Gasteiger partial charge < -0.3 is 0 Å². The van der Waals surface area contributed by atoms with Crippen LogP contribution in [0, 0.1) is 5.41 Å². The van der Waals surface area contributed by atoms with Crippen LogP contribution in [-0.2, 0) is 0 Å². The van der Waals surface area contributed by atoms with Gasteiger partial charge in [-0.3, -0.25) is 0 Å². The van der Waals surface area contributed by atoms with E-state index >= 15 is 0 Å². The lowest BCUT2D eigenvalue weighted by molar-refractivity contribution is 0.302. The predicted octanol–water partition coefficient (Wildman–Crippen LogP) is 8.54. The summed E-state index contributed by atoms with van der Waals surface area (Å²) in [6, 6.07) is 0. The highest BCUT2D eigenvalue weighted by Crippen LogP contribution is 2.35. The topological polar surface area (TPSA) is 0 Å². The lowest BCUT2D eigenvalue weighted by Crippen LogP contribution is -2.23. The maximum absolute atomic E-state index is 3.12. The second-order valence-corrected chi connectivity index (χ2v) is 9.18. The summed E-state index contributed by atoms with van der Waals surface area (Å²) in [6.07, 6.45) is 23.0. The smallest absolute Gasteiger partial charge is 0.0213 e. The van der Waals surface area contributed by atoms with Crippen LogP contribution in [-0.4, -0.2) is 5.66 Å². The van der Waals surface area contributed by atoms with E-state index in [9.17, 15) is 0 Å². The van der Waals surface area contributed by atoms with Crippen molar-refractivity contribution in [3.63, 3.8) is 0 Å². The Morgan fingerprint density at radius 1 is 0.609 bits per heavy atom. The molecule has 2 unspecified atom stereocenters. The molecule has 0 nitrogen and oxygen atoms in total. The third-order valence-corrected chi connectivity index (χ3v) is 6.75. The van der Waals surface area contributed by atoms with Gasteiger partial charge >= 0.3 is 0 Å². The molecule has 2 atom stereocenters. The van der Waals surface area contributed by atoms with Crippen molar-refractivity contribution in [3.8, 4) is 0 Å². The Bertz CT molecular complexity index is 234. The molecule has 0 spiro atoms. The quantitative estimate of drug-likeness (QED) is 0.183. The van der Waals surface area contributed by atoms with Crippen LogP contribution >= 0.6 is 9.24 Å². The molecular formula is C22H47P. The van der Waals surface area contributed by atoms with Crippen molar-refractivity contribution in [2.45, 2.75) is 136 Å². The molecule has 0 rings (SSSR count). The molecule has 140 valence electrons. The Morgan fingerprint density at radius 2 is 1.00 bits per heavy atom. The zero-order valence-corrected chi connectivity index (χ0v) is 18.1. The van der Waals surface area contributed by atoms with Crippen molar-refractivity contribution in [1.29, 1.82) is 0 Å². The van der Waals surface area contributed by atoms with E-state index in [-0.39, 0.29) is 0 Å². The fourth-order valence-electron chi connectivity index (χ4n) is 3.60. The average Bonchev–Trinajstić information content (AvgIpc) is 2.51. The van der Waals surface area contributed by atoms with Gasteiger partial charge in [0.05, 0.1) is 0 Å². The molecule has 0 heterocycles. The van der Waals surface area contributed by atoms with Crippen molar-refractivity contribution in [2.24, 2.45) is 5.41 Å². The summed E-state index contributed by atoms with van der Waals surface area (Å²) in [5.41, 5.74) is 1.31. The predicted molar refractivity (Wildman–Crippen MR) is 112 cm³/mol. The molecule has 23 heavy (non-hydrogen) atoms. The van der Waals surface area contributed by atoms with Crippen molar-refractivity contribution in [2.75, 3.05) is 0 Å². The van der Waals surface area contributed by atoms with Gasteiger partial charge in [0.25, 0.3) is 0 Å². The third kappa shape index (κ3) is 14.5. The van der Waals surface area contributed by atoms with Gasteiger partial charge in [0.1, 0.15) is 0 Å². The Kier molecular flexibility index (Phi) is 16.2. The van der Waals surface area contributed by atoms with E-state index in [4.69, 9.17) is 0 Å². The largest absolute Gasteiger partial charge is 0.134 e. The van der Waals surface area contributed by atoms with Gasteiger partial charge in [0.2, 0.25) is 0 Å². The minimum Gasteiger partial charge on any atom is -0.134 e. The van der Waals surface area contributed by atoms with Crippen molar-refractivity contribution >= 4 is 9.24 Å². The third-order valence-electron chi connectivity index (χ3n) is 5.52. The molecule has 0 saturated carbocycles. The van der Waals surface area contributed by atoms with E-state index < -0.39 is 0 Å². The Balaban J connectivity index is 3.27. The second-order valence-electron chi connectivity index (χ2n) is 8.38. The molecular weight excluding hydrogens is 295 g/mol. The van der Waals surface area contributed by atoms with E-state index in [1.807, 2.05) is 0 Å². The van der Waals surface area contributed by atoms with Crippen LogP contribution in [0.15, 0.2) is 0 Å². The average molecular weight is 343 g/mol. The normalized spacial score (nSPS) is 13.4. The van der Waals surface area contributed by atoms with Crippen molar-refractivity contribution in [3.05, 3.63) is 0 Å². The standard InChI is InChI=1S/C22H47P/c1-5-7-8-9-10-11-12-13-14-15-16-17-18-19-21(23)22(3,4)20-6-2/h21H,5-20,23H2,1-4H3. The maximum Gasteiger partial charge on any atom is -0.0213 e. The molecule has 0 saturated heterocycles. The first-order valence-electron chi connectivity index (χ1n) is 10.8. The van der Waals surface area contributed by atoms with Crippen LogP contribution < -0.4 is 0 Å². The van der Waals surface area contributed by atoms with Gasteiger partial charge in [-0.05, 0) is 23.9 Å². The lowest BCUT2D eigenvalue weighted by atomic mass is 9.82.